The molecule has 1 atom stereocenters. The quantitative estimate of drug-likeness (QED) is 0.318. The molecule has 6 heteroatoms. The lowest BCUT2D eigenvalue weighted by Gasteiger charge is -2.20. The Morgan fingerprint density at radius 1 is 1.09 bits per heavy atom. The lowest BCUT2D eigenvalue weighted by atomic mass is 9.89. The Balaban J connectivity index is 1.45. The normalized spacial score (nSPS) is 15.9. The highest BCUT2D eigenvalue weighted by Gasteiger charge is 2.30. The Morgan fingerprint density at radius 2 is 1.91 bits per heavy atom. The van der Waals surface area contributed by atoms with Crippen molar-refractivity contribution in [3.63, 3.8) is 0 Å². The predicted molar refractivity (Wildman–Crippen MR) is 142 cm³/mol. The van der Waals surface area contributed by atoms with Gasteiger partial charge in [0.05, 0.1) is 20.3 Å². The fourth-order valence-corrected chi connectivity index (χ4v) is 5.66. The number of rotatable bonds is 9. The van der Waals surface area contributed by atoms with Crippen LogP contribution in [0.2, 0.25) is 0 Å². The van der Waals surface area contributed by atoms with Crippen molar-refractivity contribution >= 4 is 11.8 Å². The van der Waals surface area contributed by atoms with Crippen LogP contribution in [-0.4, -0.2) is 37.3 Å². The van der Waals surface area contributed by atoms with Crippen molar-refractivity contribution < 1.29 is 18.9 Å². The third-order valence-electron chi connectivity index (χ3n) is 6.86. The molecule has 3 aromatic rings. The van der Waals surface area contributed by atoms with Crippen LogP contribution in [0.25, 0.3) is 11.1 Å². The summed E-state index contributed by atoms with van der Waals surface area (Å²) in [4.78, 5) is 4.53. The highest BCUT2D eigenvalue weighted by atomic mass is 32.2. The SMILES string of the molecule is COc1ccc2c(c1-c1c(C)cc(OCCCSC)cc1C)CCC2Oc1cc2c(cn1)CCO2. The molecule has 0 amide bonds. The van der Waals surface area contributed by atoms with Crippen LogP contribution in [0.1, 0.15) is 46.8 Å². The minimum Gasteiger partial charge on any atom is -0.496 e. The van der Waals surface area contributed by atoms with Gasteiger partial charge in [-0.25, -0.2) is 4.98 Å². The number of methoxy groups -OCH3 is 1. The van der Waals surface area contributed by atoms with Gasteiger partial charge in [-0.05, 0) is 91.1 Å². The van der Waals surface area contributed by atoms with E-state index in [9.17, 15) is 0 Å². The maximum atomic E-state index is 6.38. The highest BCUT2D eigenvalue weighted by molar-refractivity contribution is 7.98. The third kappa shape index (κ3) is 4.81. The first-order valence-corrected chi connectivity index (χ1v) is 13.7. The average molecular weight is 492 g/mol. The molecule has 0 saturated carbocycles. The van der Waals surface area contributed by atoms with Crippen LogP contribution in [-0.2, 0) is 12.8 Å². The minimum atomic E-state index is -0.0405. The van der Waals surface area contributed by atoms with Gasteiger partial charge in [-0.15, -0.1) is 0 Å². The third-order valence-corrected chi connectivity index (χ3v) is 7.56. The molecule has 0 N–H and O–H groups in total. The van der Waals surface area contributed by atoms with Crippen LogP contribution in [0.4, 0.5) is 0 Å². The molecule has 5 nitrogen and oxygen atoms in total. The minimum absolute atomic E-state index is 0.0405. The zero-order chi connectivity index (χ0) is 24.4. The van der Waals surface area contributed by atoms with Crippen LogP contribution < -0.4 is 18.9 Å². The summed E-state index contributed by atoms with van der Waals surface area (Å²) in [5.74, 6) is 4.46. The van der Waals surface area contributed by atoms with Crippen molar-refractivity contribution in [2.75, 3.05) is 32.3 Å². The van der Waals surface area contributed by atoms with E-state index in [1.54, 1.807) is 7.11 Å². The van der Waals surface area contributed by atoms with Crippen molar-refractivity contribution in [1.82, 2.24) is 4.98 Å². The number of aryl methyl sites for hydroxylation is 2. The molecule has 0 bridgehead atoms. The van der Waals surface area contributed by atoms with E-state index in [1.807, 2.05) is 24.0 Å². The van der Waals surface area contributed by atoms with E-state index in [4.69, 9.17) is 18.9 Å². The molecule has 2 heterocycles. The molecule has 0 fully saturated rings. The Hall–Kier alpha value is -2.86. The Morgan fingerprint density at radius 3 is 2.69 bits per heavy atom. The monoisotopic (exact) mass is 491 g/mol. The molecule has 0 saturated heterocycles. The lowest BCUT2D eigenvalue weighted by Crippen LogP contribution is -2.06. The van der Waals surface area contributed by atoms with E-state index in [-0.39, 0.29) is 6.10 Å². The van der Waals surface area contributed by atoms with Crippen molar-refractivity contribution in [3.05, 3.63) is 64.3 Å². The van der Waals surface area contributed by atoms with E-state index in [0.29, 0.717) is 5.88 Å². The smallest absolute Gasteiger partial charge is 0.217 e. The first-order valence-electron chi connectivity index (χ1n) is 12.3. The molecule has 1 aromatic heterocycles. The summed E-state index contributed by atoms with van der Waals surface area (Å²) in [6.45, 7) is 5.78. The van der Waals surface area contributed by atoms with Crippen molar-refractivity contribution in [1.29, 1.82) is 0 Å². The zero-order valence-electron chi connectivity index (χ0n) is 21.0. The summed E-state index contributed by atoms with van der Waals surface area (Å²) in [6.07, 6.45) is 7.77. The second kappa shape index (κ2) is 10.4. The molecule has 0 radical (unpaired) electrons. The summed E-state index contributed by atoms with van der Waals surface area (Å²) < 4.78 is 24.0. The van der Waals surface area contributed by atoms with Crippen LogP contribution in [0, 0.1) is 13.8 Å². The fraction of sp³-hybridized carbons (Fsp3) is 0.414. The number of hydrogen-bond donors (Lipinski definition) is 0. The van der Waals surface area contributed by atoms with Crippen LogP contribution >= 0.6 is 11.8 Å². The Bertz CT molecular complexity index is 1200. The maximum absolute atomic E-state index is 6.38. The molecule has 5 rings (SSSR count). The summed E-state index contributed by atoms with van der Waals surface area (Å²) in [5.41, 5.74) is 8.44. The van der Waals surface area contributed by atoms with Crippen LogP contribution in [0.3, 0.4) is 0 Å². The standard InChI is InChI=1S/C29H33NO4S/c1-18-14-21(32-11-5-13-35-4)15-19(2)28(18)29-23-7-8-24(22(23)6-9-25(29)31-3)34-27-16-26-20(17-30-27)10-12-33-26/h6,9,14-17,24H,5,7-8,10-13H2,1-4H3. The van der Waals surface area contributed by atoms with Crippen LogP contribution in [0.15, 0.2) is 36.5 Å². The molecule has 1 unspecified atom stereocenters. The second-order valence-electron chi connectivity index (χ2n) is 9.21. The van der Waals surface area contributed by atoms with Gasteiger partial charge >= 0.3 is 0 Å². The average Bonchev–Trinajstić information content (AvgIpc) is 3.48. The van der Waals surface area contributed by atoms with Gasteiger partial charge < -0.3 is 18.9 Å². The molecule has 2 aliphatic rings. The summed E-state index contributed by atoms with van der Waals surface area (Å²) >= 11 is 1.85. The maximum Gasteiger partial charge on any atom is 0.217 e. The van der Waals surface area contributed by atoms with E-state index < -0.39 is 0 Å². The predicted octanol–water partition coefficient (Wildman–Crippen LogP) is 6.51. The molecular weight excluding hydrogens is 458 g/mol. The van der Waals surface area contributed by atoms with Crippen molar-refractivity contribution in [2.24, 2.45) is 0 Å². The van der Waals surface area contributed by atoms with Gasteiger partial charge in [0.15, 0.2) is 0 Å². The number of ether oxygens (including phenoxy) is 4. The first kappa shape index (κ1) is 23.9. The van der Waals surface area contributed by atoms with Crippen molar-refractivity contribution in [2.45, 2.75) is 45.6 Å². The molecule has 2 aromatic carbocycles. The van der Waals surface area contributed by atoms with E-state index in [1.165, 1.54) is 33.4 Å². The lowest BCUT2D eigenvalue weighted by molar-refractivity contribution is 0.198. The number of aromatic nitrogens is 1. The van der Waals surface area contributed by atoms with Gasteiger partial charge in [0.25, 0.3) is 0 Å². The van der Waals surface area contributed by atoms with Gasteiger partial charge in [-0.3, -0.25) is 0 Å². The molecule has 1 aliphatic carbocycles. The summed E-state index contributed by atoms with van der Waals surface area (Å²) in [5, 5.41) is 0. The largest absolute Gasteiger partial charge is 0.496 e. The number of fused-ring (bicyclic) bond motifs is 2. The fourth-order valence-electron chi connectivity index (χ4n) is 5.26. The van der Waals surface area contributed by atoms with E-state index >= 15 is 0 Å². The summed E-state index contributed by atoms with van der Waals surface area (Å²) in [6, 6.07) is 10.4. The van der Waals surface area contributed by atoms with Crippen LogP contribution in [0.5, 0.6) is 23.1 Å². The number of thioether (sulfide) groups is 1. The number of pyridine rings is 1. The van der Waals surface area contributed by atoms with Gasteiger partial charge in [0.2, 0.25) is 5.88 Å². The topological polar surface area (TPSA) is 49.8 Å². The molecule has 1 aliphatic heterocycles. The zero-order valence-corrected chi connectivity index (χ0v) is 21.8. The Labute approximate surface area is 212 Å². The number of hydrogen-bond acceptors (Lipinski definition) is 6. The summed E-state index contributed by atoms with van der Waals surface area (Å²) in [7, 11) is 1.75. The second-order valence-corrected chi connectivity index (χ2v) is 10.2. The highest BCUT2D eigenvalue weighted by Crippen LogP contribution is 2.46. The van der Waals surface area contributed by atoms with Gasteiger partial charge in [0.1, 0.15) is 23.4 Å². The molecule has 184 valence electrons. The number of nitrogens with zero attached hydrogens (tertiary/aromatic N) is 1. The first-order chi connectivity index (χ1) is 17.1. The van der Waals surface area contributed by atoms with Gasteiger partial charge in [0, 0.05) is 29.8 Å². The molecule has 0 spiro atoms. The van der Waals surface area contributed by atoms with E-state index in [2.05, 4.69) is 49.4 Å². The molecule has 35 heavy (non-hydrogen) atoms. The molecular formula is C29H33NO4S. The Kier molecular flexibility index (Phi) is 7.09. The van der Waals surface area contributed by atoms with Gasteiger partial charge in [-0.2, -0.15) is 11.8 Å². The van der Waals surface area contributed by atoms with Gasteiger partial charge in [-0.1, -0.05) is 6.07 Å². The number of benzene rings is 2. The van der Waals surface area contributed by atoms with E-state index in [0.717, 1.165) is 67.5 Å². The van der Waals surface area contributed by atoms with Crippen molar-refractivity contribution in [3.8, 4) is 34.3 Å².